The molecule has 1 aliphatic rings. The summed E-state index contributed by atoms with van der Waals surface area (Å²) in [6.07, 6.45) is 2.71. The zero-order valence-corrected chi connectivity index (χ0v) is 24.6. The molecule has 2 aromatic rings. The first kappa shape index (κ1) is 31.1. The molecule has 0 bridgehead atoms. The molecule has 216 valence electrons. The second kappa shape index (κ2) is 14.3. The highest BCUT2D eigenvalue weighted by atomic mass is 35.5. The largest absolute Gasteiger partial charge is 0.453 e. The van der Waals surface area contributed by atoms with Gasteiger partial charge in [0.1, 0.15) is 0 Å². The molecule has 2 amide bonds. The van der Waals surface area contributed by atoms with E-state index in [1.807, 2.05) is 49.4 Å². The van der Waals surface area contributed by atoms with Gasteiger partial charge < -0.3 is 15.8 Å². The van der Waals surface area contributed by atoms with Gasteiger partial charge in [-0.3, -0.25) is 14.5 Å². The van der Waals surface area contributed by atoms with Crippen LogP contribution in [-0.4, -0.2) is 48.3 Å². The smallest absolute Gasteiger partial charge is 0.407 e. The second-order valence-electron chi connectivity index (χ2n) is 10.9. The summed E-state index contributed by atoms with van der Waals surface area (Å²) in [6, 6.07) is 16.1. The summed E-state index contributed by atoms with van der Waals surface area (Å²) < 4.78 is 4.75. The van der Waals surface area contributed by atoms with E-state index in [2.05, 4.69) is 19.2 Å². The van der Waals surface area contributed by atoms with Crippen molar-refractivity contribution in [2.75, 3.05) is 13.7 Å². The van der Waals surface area contributed by atoms with Crippen LogP contribution in [0.3, 0.4) is 0 Å². The summed E-state index contributed by atoms with van der Waals surface area (Å²) in [5.74, 6) is 0.393. The Labute approximate surface area is 242 Å². The fraction of sp³-hybridized carbons (Fsp3) is 0.484. The highest BCUT2D eigenvalue weighted by molar-refractivity contribution is 6.30. The molecule has 3 atom stereocenters. The van der Waals surface area contributed by atoms with Crippen LogP contribution in [0.1, 0.15) is 64.0 Å². The lowest BCUT2D eigenvalue weighted by Crippen LogP contribution is -2.44. The van der Waals surface area contributed by atoms with Crippen LogP contribution in [0.25, 0.3) is 0 Å². The van der Waals surface area contributed by atoms with Gasteiger partial charge in [0.25, 0.3) is 5.91 Å². The predicted molar refractivity (Wildman–Crippen MR) is 158 cm³/mol. The van der Waals surface area contributed by atoms with Crippen molar-refractivity contribution >= 4 is 35.3 Å². The molecule has 40 heavy (non-hydrogen) atoms. The highest BCUT2D eigenvalue weighted by Crippen LogP contribution is 2.39. The van der Waals surface area contributed by atoms with Gasteiger partial charge in [0, 0.05) is 18.0 Å². The second-order valence-corrected chi connectivity index (χ2v) is 11.3. The number of rotatable bonds is 14. The molecule has 9 heteroatoms. The lowest BCUT2D eigenvalue weighted by molar-refractivity contribution is -0.132. The van der Waals surface area contributed by atoms with Crippen molar-refractivity contribution < 1.29 is 19.1 Å². The van der Waals surface area contributed by atoms with Gasteiger partial charge in [0.05, 0.1) is 13.2 Å². The van der Waals surface area contributed by atoms with Crippen molar-refractivity contribution in [2.45, 2.75) is 70.9 Å². The first-order valence-electron chi connectivity index (χ1n) is 13.9. The van der Waals surface area contributed by atoms with Gasteiger partial charge in [-0.1, -0.05) is 81.3 Å². The number of nitrogens with two attached hydrogens (primary N) is 1. The van der Waals surface area contributed by atoms with Gasteiger partial charge in [-0.05, 0) is 60.8 Å². The van der Waals surface area contributed by atoms with E-state index in [4.69, 9.17) is 27.1 Å². The monoisotopic (exact) mass is 568 g/mol. The van der Waals surface area contributed by atoms with Gasteiger partial charge in [0.15, 0.2) is 17.3 Å². The predicted octanol–water partition coefficient (Wildman–Crippen LogP) is 5.47. The minimum absolute atomic E-state index is 0.0735. The van der Waals surface area contributed by atoms with Crippen molar-refractivity contribution in [1.29, 1.82) is 0 Å². The Morgan fingerprint density at radius 3 is 2.50 bits per heavy atom. The number of ether oxygens (including phenoxy) is 1. The fourth-order valence-corrected chi connectivity index (χ4v) is 5.57. The molecule has 1 aliphatic heterocycles. The van der Waals surface area contributed by atoms with E-state index in [9.17, 15) is 14.4 Å². The number of guanidine groups is 1. The Morgan fingerprint density at radius 1 is 1.15 bits per heavy atom. The SMILES string of the molecule is CC[C@@H](CCCN1C(=O)[C@@](CC(C)C)(c2ccccc2)N=C1N)CC(=O)[C@H](Cc1cccc(Cl)c1)NC(=O)OC. The van der Waals surface area contributed by atoms with Crippen molar-refractivity contribution in [3.8, 4) is 0 Å². The maximum Gasteiger partial charge on any atom is 0.407 e. The number of carbonyl (C=O) groups is 3. The molecule has 0 unspecified atom stereocenters. The van der Waals surface area contributed by atoms with E-state index in [1.165, 1.54) is 7.11 Å². The molecular formula is C31H41ClN4O4. The van der Waals surface area contributed by atoms with E-state index >= 15 is 0 Å². The van der Waals surface area contributed by atoms with E-state index < -0.39 is 17.7 Å². The molecule has 8 nitrogen and oxygen atoms in total. The van der Waals surface area contributed by atoms with Crippen LogP contribution in [0.4, 0.5) is 4.79 Å². The zero-order valence-electron chi connectivity index (χ0n) is 23.9. The lowest BCUT2D eigenvalue weighted by Gasteiger charge is -2.28. The third-order valence-corrected chi connectivity index (χ3v) is 7.63. The van der Waals surface area contributed by atoms with Crippen LogP contribution < -0.4 is 11.1 Å². The number of hydrogen-bond donors (Lipinski definition) is 2. The number of carbonyl (C=O) groups excluding carboxylic acids is 3. The molecule has 0 aromatic heterocycles. The number of alkyl carbamates (subject to hydrolysis) is 1. The number of benzene rings is 2. The van der Waals surface area contributed by atoms with Crippen LogP contribution in [0.5, 0.6) is 0 Å². The standard InChI is InChI=1S/C31H41ClN4O4/c1-5-22(19-27(37)26(34-30(39)40-4)18-23-11-9-15-25(32)17-23)12-10-16-36-28(38)31(20-21(2)3,35-29(36)33)24-13-7-6-8-14-24/h6-9,11,13-15,17,21-22,26H,5,10,12,16,18-20H2,1-4H3,(H2,33,35)(H,34,39)/t22-,26-,31+/m0/s1. The summed E-state index contributed by atoms with van der Waals surface area (Å²) >= 11 is 6.11. The number of nitrogens with one attached hydrogen (secondary N) is 1. The zero-order chi connectivity index (χ0) is 29.3. The van der Waals surface area contributed by atoms with Crippen LogP contribution in [-0.2, 0) is 26.3 Å². The molecule has 0 saturated carbocycles. The number of halogens is 1. The molecule has 1 heterocycles. The van der Waals surface area contributed by atoms with E-state index in [0.717, 1.165) is 24.0 Å². The molecule has 3 N–H and O–H groups in total. The first-order valence-corrected chi connectivity index (χ1v) is 14.3. The average molecular weight is 569 g/mol. The van der Waals surface area contributed by atoms with Crippen LogP contribution >= 0.6 is 11.6 Å². The van der Waals surface area contributed by atoms with Gasteiger partial charge in [-0.2, -0.15) is 0 Å². The van der Waals surface area contributed by atoms with Crippen LogP contribution in [0.2, 0.25) is 5.02 Å². The van der Waals surface area contributed by atoms with Gasteiger partial charge in [-0.25, -0.2) is 9.79 Å². The number of hydrogen-bond acceptors (Lipinski definition) is 6. The van der Waals surface area contributed by atoms with Crippen molar-refractivity contribution in [1.82, 2.24) is 10.2 Å². The number of aliphatic imine (C=N–C) groups is 1. The third kappa shape index (κ3) is 7.84. The molecular weight excluding hydrogens is 528 g/mol. The number of Topliss-reactive ketones (excluding diaryl/α,β-unsaturated/α-hetero) is 1. The summed E-state index contributed by atoms with van der Waals surface area (Å²) in [7, 11) is 1.27. The summed E-state index contributed by atoms with van der Waals surface area (Å²) in [5, 5.41) is 3.24. The van der Waals surface area contributed by atoms with Gasteiger partial charge >= 0.3 is 6.09 Å². The quantitative estimate of drug-likeness (QED) is 0.313. The number of amides is 2. The van der Waals surface area contributed by atoms with Gasteiger partial charge in [0.2, 0.25) is 0 Å². The van der Waals surface area contributed by atoms with E-state index in [0.29, 0.717) is 37.3 Å². The molecule has 0 spiro atoms. The van der Waals surface area contributed by atoms with Gasteiger partial charge in [-0.15, -0.1) is 0 Å². The maximum atomic E-state index is 13.7. The molecule has 0 aliphatic carbocycles. The number of nitrogens with zero attached hydrogens (tertiary/aromatic N) is 2. The van der Waals surface area contributed by atoms with Crippen molar-refractivity contribution in [3.63, 3.8) is 0 Å². The Kier molecular flexibility index (Phi) is 11.1. The molecule has 0 radical (unpaired) electrons. The Bertz CT molecular complexity index is 1200. The minimum Gasteiger partial charge on any atom is -0.453 e. The molecule has 3 rings (SSSR count). The summed E-state index contributed by atoms with van der Waals surface area (Å²) in [6.45, 7) is 6.61. The molecule has 2 aromatic carbocycles. The maximum absolute atomic E-state index is 13.7. The highest BCUT2D eigenvalue weighted by Gasteiger charge is 2.49. The first-order chi connectivity index (χ1) is 19.1. The normalized spacial score (nSPS) is 18.4. The van der Waals surface area contributed by atoms with Crippen molar-refractivity contribution in [3.05, 3.63) is 70.7 Å². The van der Waals surface area contributed by atoms with Crippen LogP contribution in [0, 0.1) is 11.8 Å². The Balaban J connectivity index is 1.64. The number of methoxy groups -OCH3 is 1. The molecule has 0 fully saturated rings. The summed E-state index contributed by atoms with van der Waals surface area (Å²) in [4.78, 5) is 45.3. The van der Waals surface area contributed by atoms with Crippen molar-refractivity contribution in [2.24, 2.45) is 22.6 Å². The Hall–Kier alpha value is -3.39. The van der Waals surface area contributed by atoms with Crippen LogP contribution in [0.15, 0.2) is 59.6 Å². The third-order valence-electron chi connectivity index (χ3n) is 7.39. The Morgan fingerprint density at radius 2 is 1.88 bits per heavy atom. The fourth-order valence-electron chi connectivity index (χ4n) is 5.35. The lowest BCUT2D eigenvalue weighted by atomic mass is 9.82. The van der Waals surface area contributed by atoms with E-state index in [1.54, 1.807) is 17.0 Å². The molecule has 0 saturated heterocycles. The topological polar surface area (TPSA) is 114 Å². The summed E-state index contributed by atoms with van der Waals surface area (Å²) in [5.41, 5.74) is 7.00. The minimum atomic E-state index is -1.01. The number of ketones is 1. The van der Waals surface area contributed by atoms with E-state index in [-0.39, 0.29) is 29.5 Å². The average Bonchev–Trinajstić information content (AvgIpc) is 3.16.